The lowest BCUT2D eigenvalue weighted by molar-refractivity contribution is -0.223. The molecule has 5 rings (SSSR count). The van der Waals surface area contributed by atoms with Crippen LogP contribution in [0, 0.1) is 0 Å². The summed E-state index contributed by atoms with van der Waals surface area (Å²) in [4.78, 5) is 5.56. The normalized spacial score (nSPS) is 31.6. The second-order valence-electron chi connectivity index (χ2n) is 10.1. The Labute approximate surface area is 196 Å². The Bertz CT molecular complexity index is 955. The predicted molar refractivity (Wildman–Crippen MR) is 129 cm³/mol. The minimum absolute atomic E-state index is 0.184. The Morgan fingerprint density at radius 2 is 1.61 bits per heavy atom. The Kier molecular flexibility index (Phi) is 5.85. The third kappa shape index (κ3) is 3.38. The Morgan fingerprint density at radius 3 is 2.15 bits per heavy atom. The Morgan fingerprint density at radius 1 is 1.00 bits per heavy atom. The molecule has 3 heterocycles. The molecule has 7 heteroatoms. The first-order valence-corrected chi connectivity index (χ1v) is 13.4. The smallest absolute Gasteiger partial charge is 0.261 e. The average Bonchev–Trinajstić information content (AvgIpc) is 3.38. The Hall–Kier alpha value is -1.84. The fourth-order valence-electron chi connectivity index (χ4n) is 5.76. The highest BCUT2D eigenvalue weighted by Crippen LogP contribution is 2.49. The molecule has 5 atom stereocenters. The topological polar surface area (TPSA) is 58.2 Å². The summed E-state index contributed by atoms with van der Waals surface area (Å²) < 4.78 is 26.0. The molecule has 2 aromatic carbocycles. The van der Waals surface area contributed by atoms with E-state index in [1.54, 1.807) is 7.11 Å². The van der Waals surface area contributed by atoms with Gasteiger partial charge in [0.2, 0.25) is 0 Å². The summed E-state index contributed by atoms with van der Waals surface area (Å²) >= 11 is 0. The van der Waals surface area contributed by atoms with Gasteiger partial charge in [-0.2, -0.15) is 5.48 Å². The number of hydroxylamine groups is 1. The lowest BCUT2D eigenvalue weighted by Gasteiger charge is -2.52. The van der Waals surface area contributed by atoms with Gasteiger partial charge in [-0.05, 0) is 21.0 Å². The molecule has 33 heavy (non-hydrogen) atoms. The molecule has 3 aliphatic heterocycles. The van der Waals surface area contributed by atoms with Gasteiger partial charge in [0.15, 0.2) is 6.29 Å². The van der Waals surface area contributed by atoms with Crippen molar-refractivity contribution in [2.45, 2.75) is 56.0 Å². The first kappa shape index (κ1) is 22.9. The zero-order valence-electron chi connectivity index (χ0n) is 19.7. The van der Waals surface area contributed by atoms with E-state index >= 15 is 0 Å². The molecule has 3 fully saturated rings. The van der Waals surface area contributed by atoms with Gasteiger partial charge in [-0.25, -0.2) is 0 Å². The third-order valence-corrected chi connectivity index (χ3v) is 12.2. The van der Waals surface area contributed by atoms with Crippen LogP contribution in [0.15, 0.2) is 72.8 Å². The summed E-state index contributed by atoms with van der Waals surface area (Å²) in [7, 11) is -1.25. The zero-order valence-corrected chi connectivity index (χ0v) is 20.7. The molecule has 2 bridgehead atoms. The van der Waals surface area contributed by atoms with Crippen LogP contribution in [0.25, 0.3) is 0 Å². The van der Waals surface area contributed by atoms with Crippen LogP contribution in [0.1, 0.15) is 20.8 Å². The summed E-state index contributed by atoms with van der Waals surface area (Å²) in [6, 6.07) is 21.2. The van der Waals surface area contributed by atoms with Gasteiger partial charge in [-0.1, -0.05) is 88.0 Å². The van der Waals surface area contributed by atoms with Gasteiger partial charge >= 0.3 is 0 Å². The van der Waals surface area contributed by atoms with E-state index in [0.717, 1.165) is 5.57 Å². The van der Waals surface area contributed by atoms with Crippen molar-refractivity contribution in [3.8, 4) is 0 Å². The van der Waals surface area contributed by atoms with E-state index < -0.39 is 32.4 Å². The molecular weight excluding hydrogens is 434 g/mol. The summed E-state index contributed by atoms with van der Waals surface area (Å²) in [5.41, 5.74) is 3.37. The zero-order chi connectivity index (χ0) is 23.3. The second-order valence-corrected chi connectivity index (χ2v) is 14.3. The van der Waals surface area contributed by atoms with E-state index in [4.69, 9.17) is 23.5 Å². The highest BCUT2D eigenvalue weighted by molar-refractivity contribution is 6.99. The second kappa shape index (κ2) is 8.43. The fourth-order valence-corrected chi connectivity index (χ4v) is 10.5. The molecule has 0 aliphatic carbocycles. The molecule has 1 N–H and O–H groups in total. The minimum Gasteiger partial charge on any atom is -0.399 e. The lowest BCUT2D eigenvalue weighted by atomic mass is 9.79. The van der Waals surface area contributed by atoms with E-state index in [1.807, 2.05) is 12.1 Å². The maximum Gasteiger partial charge on any atom is 0.261 e. The SMILES string of the molecule is C=C1CO[C@@H]2[C@@H]3OC[C@@H](O3)[C@@H](O[Si](c3ccccc3)(c3ccccc3)C(C)(C)C)[C@]12NOC. The fraction of sp³-hybridized carbons (Fsp3) is 0.462. The number of fused-ring (bicyclic) bond motifs is 4. The van der Waals surface area contributed by atoms with Gasteiger partial charge in [0.05, 0.1) is 20.3 Å². The molecule has 0 spiro atoms. The number of hydrogen-bond donors (Lipinski definition) is 1. The lowest BCUT2D eigenvalue weighted by Crippen LogP contribution is -2.76. The van der Waals surface area contributed by atoms with Gasteiger partial charge in [0, 0.05) is 0 Å². The molecule has 0 unspecified atom stereocenters. The highest BCUT2D eigenvalue weighted by Gasteiger charge is 2.68. The van der Waals surface area contributed by atoms with Crippen LogP contribution in [0.3, 0.4) is 0 Å². The molecule has 176 valence electrons. The van der Waals surface area contributed by atoms with Crippen LogP contribution < -0.4 is 15.9 Å². The molecule has 0 aromatic heterocycles. The largest absolute Gasteiger partial charge is 0.399 e. The van der Waals surface area contributed by atoms with Crippen molar-refractivity contribution in [3.05, 3.63) is 72.8 Å². The van der Waals surface area contributed by atoms with Crippen LogP contribution in [-0.4, -0.2) is 58.8 Å². The molecule has 6 nitrogen and oxygen atoms in total. The first-order chi connectivity index (χ1) is 15.8. The van der Waals surface area contributed by atoms with Crippen molar-refractivity contribution in [2.75, 3.05) is 20.3 Å². The highest BCUT2D eigenvalue weighted by atomic mass is 28.4. The number of ether oxygens (including phenoxy) is 3. The predicted octanol–water partition coefficient (Wildman–Crippen LogP) is 2.53. The third-order valence-electron chi connectivity index (χ3n) is 7.23. The molecular formula is C26H33NO5Si. The van der Waals surface area contributed by atoms with Gasteiger partial charge < -0.3 is 23.5 Å². The molecule has 2 aromatic rings. The monoisotopic (exact) mass is 467 g/mol. The summed E-state index contributed by atoms with van der Waals surface area (Å²) in [5, 5.41) is 2.23. The van der Waals surface area contributed by atoms with Gasteiger partial charge in [-0.3, -0.25) is 0 Å². The van der Waals surface area contributed by atoms with Gasteiger partial charge in [0.25, 0.3) is 8.32 Å². The summed E-state index contributed by atoms with van der Waals surface area (Å²) in [5.74, 6) is 0. The van der Waals surface area contributed by atoms with Crippen molar-refractivity contribution in [1.29, 1.82) is 0 Å². The number of benzene rings is 2. The molecule has 3 saturated heterocycles. The minimum atomic E-state index is -2.87. The van der Waals surface area contributed by atoms with Crippen LogP contribution in [0.4, 0.5) is 0 Å². The Balaban J connectivity index is 1.72. The van der Waals surface area contributed by atoms with E-state index in [1.165, 1.54) is 10.4 Å². The van der Waals surface area contributed by atoms with Crippen molar-refractivity contribution in [2.24, 2.45) is 0 Å². The van der Waals surface area contributed by atoms with E-state index in [-0.39, 0.29) is 11.1 Å². The van der Waals surface area contributed by atoms with Crippen LogP contribution >= 0.6 is 0 Å². The molecule has 0 amide bonds. The van der Waals surface area contributed by atoms with Crippen LogP contribution in [0.5, 0.6) is 0 Å². The van der Waals surface area contributed by atoms with Gasteiger partial charge in [0.1, 0.15) is 23.9 Å². The maximum atomic E-state index is 7.54. The van der Waals surface area contributed by atoms with Gasteiger partial charge in [-0.15, -0.1) is 0 Å². The summed E-state index contributed by atoms with van der Waals surface area (Å²) in [6.07, 6.45) is -1.57. The standard InChI is InChI=1S/C26H33NO5Si/c1-18-16-29-23-24-30-17-21(31-24)22(26(18,23)27-28-5)32-33(25(2,3)4,19-12-8-6-9-13-19)20-14-10-7-11-15-20/h6-15,21-24,27H,1,16-17H2,2-5H3/t21-,22-,23-,24-,26-/m1/s1. The number of hydrogen-bond acceptors (Lipinski definition) is 6. The molecule has 0 saturated carbocycles. The van der Waals surface area contributed by atoms with Crippen LogP contribution in [-0.2, 0) is 23.5 Å². The van der Waals surface area contributed by atoms with E-state index in [0.29, 0.717) is 13.2 Å². The van der Waals surface area contributed by atoms with E-state index in [9.17, 15) is 0 Å². The molecule has 3 aliphatic rings. The van der Waals surface area contributed by atoms with Crippen molar-refractivity contribution >= 4 is 18.7 Å². The van der Waals surface area contributed by atoms with Crippen molar-refractivity contribution in [1.82, 2.24) is 5.48 Å². The maximum absolute atomic E-state index is 7.54. The first-order valence-electron chi connectivity index (χ1n) is 11.5. The number of rotatable bonds is 6. The number of nitrogens with one attached hydrogen (secondary N) is 1. The van der Waals surface area contributed by atoms with Crippen LogP contribution in [0.2, 0.25) is 5.04 Å². The summed E-state index contributed by atoms with van der Waals surface area (Å²) in [6.45, 7) is 12.0. The average molecular weight is 468 g/mol. The van der Waals surface area contributed by atoms with Crippen molar-refractivity contribution < 1.29 is 23.5 Å². The quantitative estimate of drug-likeness (QED) is 0.400. The molecule has 0 radical (unpaired) electrons. The van der Waals surface area contributed by atoms with Crippen molar-refractivity contribution in [3.63, 3.8) is 0 Å². The van der Waals surface area contributed by atoms with E-state index in [2.05, 4.69) is 81.4 Å².